The molecular formula is C28H20Br4Cl2O5. The largest absolute Gasteiger partial charge is 0.508 e. The summed E-state index contributed by atoms with van der Waals surface area (Å²) in [6, 6.07) is 22.2. The minimum Gasteiger partial charge on any atom is -0.508 e. The zero-order chi connectivity index (χ0) is 29.1. The van der Waals surface area contributed by atoms with Crippen molar-refractivity contribution in [2.24, 2.45) is 0 Å². The van der Waals surface area contributed by atoms with Gasteiger partial charge in [0.2, 0.25) is 0 Å². The van der Waals surface area contributed by atoms with E-state index in [0.717, 1.165) is 23.5 Å². The number of Topliss-reactive ketones (excluding diaryl/α,β-unsaturated/α-hetero) is 1. The number of hydrogen-bond acceptors (Lipinski definition) is 4. The Labute approximate surface area is 269 Å². The van der Waals surface area contributed by atoms with E-state index < -0.39 is 5.97 Å². The highest BCUT2D eigenvalue weighted by Crippen LogP contribution is 2.27. The second-order valence-corrected chi connectivity index (χ2v) is 12.3. The van der Waals surface area contributed by atoms with E-state index in [0.29, 0.717) is 26.9 Å². The predicted molar refractivity (Wildman–Crippen MR) is 169 cm³/mol. The second-order valence-electron chi connectivity index (χ2n) is 7.78. The topological polar surface area (TPSA) is 94.8 Å². The third kappa shape index (κ3) is 12.0. The molecule has 204 valence electrons. The Hall–Kier alpha value is -1.88. The number of carbonyl (C=O) groups is 2. The molecule has 0 fully saturated rings. The Balaban J connectivity index is 0.000000227. The number of carboxylic acid groups (broad SMARTS) is 1. The van der Waals surface area contributed by atoms with Crippen molar-refractivity contribution < 1.29 is 24.9 Å². The van der Waals surface area contributed by atoms with Crippen LogP contribution in [0.25, 0.3) is 0 Å². The lowest BCUT2D eigenvalue weighted by atomic mass is 10.0. The van der Waals surface area contributed by atoms with Gasteiger partial charge in [0, 0.05) is 34.4 Å². The summed E-state index contributed by atoms with van der Waals surface area (Å²) in [5.41, 5.74) is 1.64. The van der Waals surface area contributed by atoms with E-state index in [1.165, 1.54) is 6.07 Å². The molecule has 4 aromatic rings. The smallest absolute Gasteiger partial charge is 0.307 e. The number of benzene rings is 4. The molecule has 0 aromatic heterocycles. The highest BCUT2D eigenvalue weighted by molar-refractivity contribution is 9.11. The number of phenols is 2. The number of hydrogen-bond donors (Lipinski definition) is 3. The van der Waals surface area contributed by atoms with Crippen molar-refractivity contribution in [3.05, 3.63) is 123 Å². The Morgan fingerprint density at radius 1 is 0.641 bits per heavy atom. The van der Waals surface area contributed by atoms with E-state index in [1.807, 2.05) is 12.1 Å². The van der Waals surface area contributed by atoms with Gasteiger partial charge < -0.3 is 15.3 Å². The van der Waals surface area contributed by atoms with Gasteiger partial charge in [-0.1, -0.05) is 93.0 Å². The van der Waals surface area contributed by atoms with Gasteiger partial charge in [-0.15, -0.1) is 0 Å². The SMILES string of the molecule is O=C(Cc1cc(Br)ccc1Cl)c1ccc(Br)cc1O.O=C(O)Cc1cc(Br)ccc1Cl.Oc1cccc(Br)c1. The zero-order valence-electron chi connectivity index (χ0n) is 19.8. The molecule has 0 bridgehead atoms. The highest BCUT2D eigenvalue weighted by atomic mass is 79.9. The number of aliphatic carboxylic acids is 1. The Bertz CT molecular complexity index is 1450. The van der Waals surface area contributed by atoms with Crippen molar-refractivity contribution in [2.75, 3.05) is 0 Å². The molecule has 0 saturated heterocycles. The molecule has 0 saturated carbocycles. The van der Waals surface area contributed by atoms with Gasteiger partial charge >= 0.3 is 5.97 Å². The average Bonchev–Trinajstić information content (AvgIpc) is 2.84. The third-order valence-electron chi connectivity index (χ3n) is 4.78. The Kier molecular flexibility index (Phi) is 14.0. The number of carboxylic acids is 1. The van der Waals surface area contributed by atoms with Crippen LogP contribution in [-0.2, 0) is 17.6 Å². The fraction of sp³-hybridized carbons (Fsp3) is 0.0714. The van der Waals surface area contributed by atoms with Crippen molar-refractivity contribution in [1.82, 2.24) is 0 Å². The van der Waals surface area contributed by atoms with E-state index in [1.54, 1.807) is 60.7 Å². The molecule has 0 aliphatic heterocycles. The predicted octanol–water partition coefficient (Wildman–Crippen LogP) is 9.88. The lowest BCUT2D eigenvalue weighted by Crippen LogP contribution is -2.04. The van der Waals surface area contributed by atoms with Crippen molar-refractivity contribution in [3.63, 3.8) is 0 Å². The highest BCUT2D eigenvalue weighted by Gasteiger charge is 2.14. The maximum atomic E-state index is 12.2. The first-order valence-electron chi connectivity index (χ1n) is 10.9. The monoisotopic (exact) mass is 822 g/mol. The summed E-state index contributed by atoms with van der Waals surface area (Å²) in [5, 5.41) is 28.1. The zero-order valence-corrected chi connectivity index (χ0v) is 27.7. The maximum Gasteiger partial charge on any atom is 0.307 e. The van der Waals surface area contributed by atoms with Crippen LogP contribution in [-0.4, -0.2) is 27.1 Å². The third-order valence-corrected chi connectivity index (χ3v) is 7.49. The quantitative estimate of drug-likeness (QED) is 0.174. The molecular weight excluding hydrogens is 807 g/mol. The van der Waals surface area contributed by atoms with Gasteiger partial charge in [-0.05, 0) is 83.9 Å². The molecule has 4 aromatic carbocycles. The molecule has 5 nitrogen and oxygen atoms in total. The van der Waals surface area contributed by atoms with Crippen LogP contribution in [0.1, 0.15) is 21.5 Å². The van der Waals surface area contributed by atoms with Crippen molar-refractivity contribution in [1.29, 1.82) is 0 Å². The normalized spacial score (nSPS) is 10.0. The Morgan fingerprint density at radius 3 is 1.59 bits per heavy atom. The number of halogens is 6. The van der Waals surface area contributed by atoms with Crippen LogP contribution in [0.15, 0.2) is 96.8 Å². The van der Waals surface area contributed by atoms with Crippen LogP contribution < -0.4 is 0 Å². The van der Waals surface area contributed by atoms with Crippen LogP contribution in [0.5, 0.6) is 11.5 Å². The molecule has 0 aliphatic rings. The molecule has 4 rings (SSSR count). The molecule has 39 heavy (non-hydrogen) atoms. The first-order chi connectivity index (χ1) is 18.3. The summed E-state index contributed by atoms with van der Waals surface area (Å²) in [5.74, 6) is -0.801. The average molecular weight is 827 g/mol. The summed E-state index contributed by atoms with van der Waals surface area (Å²) in [6.07, 6.45) is 0.103. The van der Waals surface area contributed by atoms with Gasteiger partial charge in [0.1, 0.15) is 11.5 Å². The van der Waals surface area contributed by atoms with E-state index in [4.69, 9.17) is 33.4 Å². The summed E-state index contributed by atoms with van der Waals surface area (Å²) < 4.78 is 3.32. The number of phenolic OH excluding ortho intramolecular Hbond substituents is 2. The van der Waals surface area contributed by atoms with Crippen LogP contribution in [0, 0.1) is 0 Å². The van der Waals surface area contributed by atoms with Gasteiger partial charge in [0.15, 0.2) is 5.78 Å². The van der Waals surface area contributed by atoms with Crippen molar-refractivity contribution >= 4 is 98.7 Å². The van der Waals surface area contributed by atoms with E-state index in [9.17, 15) is 14.7 Å². The van der Waals surface area contributed by atoms with Gasteiger partial charge in [-0.3, -0.25) is 9.59 Å². The van der Waals surface area contributed by atoms with Crippen LogP contribution in [0.4, 0.5) is 0 Å². The second kappa shape index (κ2) is 16.4. The van der Waals surface area contributed by atoms with Gasteiger partial charge in [-0.25, -0.2) is 0 Å². The Morgan fingerprint density at radius 2 is 1.13 bits per heavy atom. The fourth-order valence-electron chi connectivity index (χ4n) is 3.01. The number of ketones is 1. The van der Waals surface area contributed by atoms with Gasteiger partial charge in [-0.2, -0.15) is 0 Å². The maximum absolute atomic E-state index is 12.2. The minimum absolute atomic E-state index is 0.0366. The lowest BCUT2D eigenvalue weighted by Gasteiger charge is -2.06. The first-order valence-corrected chi connectivity index (χ1v) is 14.8. The van der Waals surface area contributed by atoms with Crippen molar-refractivity contribution in [3.8, 4) is 11.5 Å². The van der Waals surface area contributed by atoms with Gasteiger partial charge in [0.25, 0.3) is 0 Å². The minimum atomic E-state index is -0.880. The molecule has 0 radical (unpaired) electrons. The van der Waals surface area contributed by atoms with Crippen LogP contribution in [0.3, 0.4) is 0 Å². The molecule has 0 amide bonds. The van der Waals surface area contributed by atoms with E-state index in [2.05, 4.69) is 63.7 Å². The summed E-state index contributed by atoms with van der Waals surface area (Å²) in [6.45, 7) is 0. The fourth-order valence-corrected chi connectivity index (χ4v) is 4.93. The number of carbonyl (C=O) groups excluding carboxylic acids is 1. The lowest BCUT2D eigenvalue weighted by molar-refractivity contribution is -0.136. The number of aromatic hydroxyl groups is 2. The van der Waals surface area contributed by atoms with Crippen LogP contribution in [0.2, 0.25) is 10.0 Å². The first kappa shape index (κ1) is 33.3. The standard InChI is InChI=1S/C14H9Br2ClO2.C8H6BrClO2.C6H5BrO/c15-9-2-4-12(17)8(5-9)6-13(18)11-3-1-10(16)7-14(11)19;9-6-1-2-7(10)5(3-6)4-8(11)12;7-5-2-1-3-6(8)4-5/h1-5,7,19H,6H2;1-3H,4H2,(H,11,12);1-4,8H. The molecule has 0 heterocycles. The molecule has 0 spiro atoms. The van der Waals surface area contributed by atoms with E-state index in [-0.39, 0.29) is 24.4 Å². The molecule has 0 unspecified atom stereocenters. The molecule has 11 heteroatoms. The van der Waals surface area contributed by atoms with Gasteiger partial charge in [0.05, 0.1) is 12.0 Å². The van der Waals surface area contributed by atoms with Crippen molar-refractivity contribution in [2.45, 2.75) is 12.8 Å². The van der Waals surface area contributed by atoms with Crippen LogP contribution >= 0.6 is 86.9 Å². The summed E-state index contributed by atoms with van der Waals surface area (Å²) in [7, 11) is 0. The molecule has 0 aliphatic carbocycles. The molecule has 0 atom stereocenters. The van der Waals surface area contributed by atoms with E-state index >= 15 is 0 Å². The number of rotatable bonds is 5. The molecule has 3 N–H and O–H groups in total. The summed E-state index contributed by atoms with van der Waals surface area (Å²) in [4.78, 5) is 22.5. The summed E-state index contributed by atoms with van der Waals surface area (Å²) >= 11 is 24.8.